The quantitative estimate of drug-likeness (QED) is 0.780. The Morgan fingerprint density at radius 2 is 2.44 bits per heavy atom. The molecule has 0 aromatic heterocycles. The van der Waals surface area contributed by atoms with E-state index in [1.807, 2.05) is 24.3 Å². The fraction of sp³-hybridized carbons (Fsp3) is 0.417. The maximum atomic E-state index is 8.56. The second kappa shape index (κ2) is 4.97. The van der Waals surface area contributed by atoms with Gasteiger partial charge in [0.05, 0.1) is 32.3 Å². The van der Waals surface area contributed by atoms with Crippen LogP contribution in [0.5, 0.6) is 5.75 Å². The minimum absolute atomic E-state index is 0.124. The molecule has 1 aromatic carbocycles. The van der Waals surface area contributed by atoms with Crippen LogP contribution >= 0.6 is 0 Å². The van der Waals surface area contributed by atoms with Gasteiger partial charge in [-0.1, -0.05) is 12.1 Å². The summed E-state index contributed by atoms with van der Waals surface area (Å²) in [5, 5.41) is 8.56. The molecule has 0 N–H and O–H groups in total. The Bertz CT molecular complexity index is 399. The topological polar surface area (TPSA) is 51.5 Å². The van der Waals surface area contributed by atoms with Crippen LogP contribution in [0.3, 0.4) is 0 Å². The Balaban J connectivity index is 2.05. The SMILES string of the molecule is COc1cccc(C2OCC(CC#N)O2)c1. The first-order valence-corrected chi connectivity index (χ1v) is 5.11. The summed E-state index contributed by atoms with van der Waals surface area (Å²) >= 11 is 0. The molecular formula is C12H13NO3. The summed E-state index contributed by atoms with van der Waals surface area (Å²) in [5.74, 6) is 0.772. The number of rotatable bonds is 3. The number of ether oxygens (including phenoxy) is 3. The van der Waals surface area contributed by atoms with Crippen molar-refractivity contribution in [1.29, 1.82) is 5.26 Å². The van der Waals surface area contributed by atoms with Gasteiger partial charge in [0.2, 0.25) is 0 Å². The highest BCUT2D eigenvalue weighted by Gasteiger charge is 2.27. The van der Waals surface area contributed by atoms with Gasteiger partial charge in [-0.15, -0.1) is 0 Å². The van der Waals surface area contributed by atoms with E-state index in [1.165, 1.54) is 0 Å². The van der Waals surface area contributed by atoms with Crippen molar-refractivity contribution in [2.45, 2.75) is 18.8 Å². The van der Waals surface area contributed by atoms with Crippen molar-refractivity contribution in [3.05, 3.63) is 29.8 Å². The van der Waals surface area contributed by atoms with Crippen molar-refractivity contribution < 1.29 is 14.2 Å². The van der Waals surface area contributed by atoms with Crippen LogP contribution in [0.15, 0.2) is 24.3 Å². The Morgan fingerprint density at radius 1 is 1.56 bits per heavy atom. The van der Waals surface area contributed by atoms with Gasteiger partial charge in [0, 0.05) is 5.56 Å². The third-order valence-electron chi connectivity index (χ3n) is 2.43. The van der Waals surface area contributed by atoms with Gasteiger partial charge in [-0.2, -0.15) is 5.26 Å². The third kappa shape index (κ3) is 2.32. The number of hydrogen-bond donors (Lipinski definition) is 0. The predicted molar refractivity (Wildman–Crippen MR) is 56.8 cm³/mol. The minimum Gasteiger partial charge on any atom is -0.497 e. The van der Waals surface area contributed by atoms with Crippen molar-refractivity contribution in [3.8, 4) is 11.8 Å². The van der Waals surface area contributed by atoms with Crippen molar-refractivity contribution >= 4 is 0 Å². The lowest BCUT2D eigenvalue weighted by Crippen LogP contribution is -2.07. The fourth-order valence-electron chi connectivity index (χ4n) is 1.62. The van der Waals surface area contributed by atoms with Crippen LogP contribution in [-0.2, 0) is 9.47 Å². The molecule has 1 aromatic rings. The van der Waals surface area contributed by atoms with E-state index in [0.717, 1.165) is 11.3 Å². The van der Waals surface area contributed by atoms with Gasteiger partial charge in [-0.25, -0.2) is 0 Å². The van der Waals surface area contributed by atoms with Crippen molar-refractivity contribution in [3.63, 3.8) is 0 Å². The maximum absolute atomic E-state index is 8.56. The van der Waals surface area contributed by atoms with Crippen LogP contribution in [0.25, 0.3) is 0 Å². The lowest BCUT2D eigenvalue weighted by atomic mass is 10.2. The Kier molecular flexibility index (Phi) is 3.40. The van der Waals surface area contributed by atoms with E-state index >= 15 is 0 Å². The standard InChI is InChI=1S/C12H13NO3/c1-14-10-4-2-3-9(7-10)12-15-8-11(16-12)5-6-13/h2-4,7,11-12H,5,8H2,1H3. The predicted octanol–water partition coefficient (Wildman–Crippen LogP) is 2.02. The molecule has 1 fully saturated rings. The average Bonchev–Trinajstić information content (AvgIpc) is 2.78. The molecule has 0 aliphatic carbocycles. The Morgan fingerprint density at radius 3 is 3.19 bits per heavy atom. The zero-order chi connectivity index (χ0) is 11.4. The maximum Gasteiger partial charge on any atom is 0.184 e. The highest BCUT2D eigenvalue weighted by atomic mass is 16.7. The van der Waals surface area contributed by atoms with Gasteiger partial charge in [-0.05, 0) is 12.1 Å². The molecular weight excluding hydrogens is 206 g/mol. The molecule has 1 heterocycles. The summed E-state index contributed by atoms with van der Waals surface area (Å²) in [6.45, 7) is 0.468. The van der Waals surface area contributed by atoms with Gasteiger partial charge < -0.3 is 14.2 Å². The molecule has 1 aliphatic rings. The molecule has 0 radical (unpaired) electrons. The van der Waals surface area contributed by atoms with Crippen molar-refractivity contribution in [1.82, 2.24) is 0 Å². The van der Waals surface area contributed by atoms with Crippen LogP contribution in [0.1, 0.15) is 18.3 Å². The summed E-state index contributed by atoms with van der Waals surface area (Å²) in [7, 11) is 1.62. The minimum atomic E-state index is -0.381. The molecule has 2 unspecified atom stereocenters. The molecule has 4 heteroatoms. The van der Waals surface area contributed by atoms with Gasteiger partial charge >= 0.3 is 0 Å². The van der Waals surface area contributed by atoms with E-state index < -0.39 is 0 Å². The van der Waals surface area contributed by atoms with Crippen LogP contribution in [0.4, 0.5) is 0 Å². The molecule has 1 saturated heterocycles. The van der Waals surface area contributed by atoms with Gasteiger partial charge in [0.25, 0.3) is 0 Å². The van der Waals surface area contributed by atoms with E-state index in [4.69, 9.17) is 19.5 Å². The van der Waals surface area contributed by atoms with Crippen LogP contribution in [-0.4, -0.2) is 19.8 Å². The molecule has 1 aliphatic heterocycles. The molecule has 16 heavy (non-hydrogen) atoms. The molecule has 0 saturated carbocycles. The van der Waals surface area contributed by atoms with Gasteiger partial charge in [-0.3, -0.25) is 0 Å². The molecule has 0 bridgehead atoms. The summed E-state index contributed by atoms with van der Waals surface area (Å²) in [5.41, 5.74) is 0.916. The monoisotopic (exact) mass is 219 g/mol. The van der Waals surface area contributed by atoms with Gasteiger partial charge in [0.15, 0.2) is 6.29 Å². The summed E-state index contributed by atoms with van der Waals surface area (Å²) < 4.78 is 16.2. The molecule has 2 atom stereocenters. The normalized spacial score (nSPS) is 24.0. The number of methoxy groups -OCH3 is 1. The van der Waals surface area contributed by atoms with E-state index in [1.54, 1.807) is 7.11 Å². The van der Waals surface area contributed by atoms with E-state index in [9.17, 15) is 0 Å². The first-order valence-electron chi connectivity index (χ1n) is 5.11. The molecule has 4 nitrogen and oxygen atoms in total. The molecule has 2 rings (SSSR count). The van der Waals surface area contributed by atoms with Crippen LogP contribution in [0, 0.1) is 11.3 Å². The zero-order valence-corrected chi connectivity index (χ0v) is 9.05. The highest BCUT2D eigenvalue weighted by molar-refractivity contribution is 5.29. The lowest BCUT2D eigenvalue weighted by Gasteiger charge is -2.11. The first-order chi connectivity index (χ1) is 7.83. The molecule has 0 spiro atoms. The number of benzene rings is 1. The summed E-state index contributed by atoms with van der Waals surface area (Å²) in [4.78, 5) is 0. The van der Waals surface area contributed by atoms with E-state index in [2.05, 4.69) is 6.07 Å². The first kappa shape index (κ1) is 10.9. The second-order valence-corrected chi connectivity index (χ2v) is 3.56. The van der Waals surface area contributed by atoms with Crippen LogP contribution < -0.4 is 4.74 Å². The van der Waals surface area contributed by atoms with Crippen molar-refractivity contribution in [2.24, 2.45) is 0 Å². The number of nitriles is 1. The molecule has 84 valence electrons. The summed E-state index contributed by atoms with van der Waals surface area (Å²) in [6, 6.07) is 9.62. The molecule has 0 amide bonds. The van der Waals surface area contributed by atoms with Gasteiger partial charge in [0.1, 0.15) is 5.75 Å². The lowest BCUT2D eigenvalue weighted by molar-refractivity contribution is -0.0593. The van der Waals surface area contributed by atoms with E-state index in [0.29, 0.717) is 13.0 Å². The largest absolute Gasteiger partial charge is 0.497 e. The highest BCUT2D eigenvalue weighted by Crippen LogP contribution is 2.29. The Labute approximate surface area is 94.3 Å². The fourth-order valence-corrected chi connectivity index (χ4v) is 1.62. The second-order valence-electron chi connectivity index (χ2n) is 3.56. The summed E-state index contributed by atoms with van der Waals surface area (Å²) in [6.07, 6.45) is -0.143. The number of nitrogens with zero attached hydrogens (tertiary/aromatic N) is 1. The smallest absolute Gasteiger partial charge is 0.184 e. The van der Waals surface area contributed by atoms with E-state index in [-0.39, 0.29) is 12.4 Å². The average molecular weight is 219 g/mol. The Hall–Kier alpha value is -1.57. The van der Waals surface area contributed by atoms with Crippen LogP contribution in [0.2, 0.25) is 0 Å². The van der Waals surface area contributed by atoms with Crippen molar-refractivity contribution in [2.75, 3.05) is 13.7 Å². The number of hydrogen-bond acceptors (Lipinski definition) is 4. The third-order valence-corrected chi connectivity index (χ3v) is 2.43. The zero-order valence-electron chi connectivity index (χ0n) is 9.05.